The van der Waals surface area contributed by atoms with Crippen LogP contribution in [-0.4, -0.2) is 33.5 Å². The first-order valence-electron chi connectivity index (χ1n) is 9.88. The summed E-state index contributed by atoms with van der Waals surface area (Å²) in [6.07, 6.45) is 0.680. The van der Waals surface area contributed by atoms with Crippen LogP contribution >= 0.6 is 0 Å². The highest BCUT2D eigenvalue weighted by molar-refractivity contribution is 6.13. The van der Waals surface area contributed by atoms with Gasteiger partial charge in [0.25, 0.3) is 17.5 Å². The van der Waals surface area contributed by atoms with Crippen LogP contribution in [-0.2, 0) is 6.42 Å². The van der Waals surface area contributed by atoms with E-state index in [9.17, 15) is 19.7 Å². The maximum absolute atomic E-state index is 12.8. The molecule has 160 valence electrons. The smallest absolute Gasteiger partial charge is 0.276 e. The second-order valence-electron chi connectivity index (χ2n) is 7.05. The van der Waals surface area contributed by atoms with Crippen LogP contribution in [0.15, 0.2) is 72.8 Å². The average molecular weight is 429 g/mol. The lowest BCUT2D eigenvalue weighted by atomic mass is 10.1. The molecule has 4 rings (SSSR count). The van der Waals surface area contributed by atoms with E-state index in [4.69, 9.17) is 0 Å². The first-order valence-corrected chi connectivity index (χ1v) is 9.88. The van der Waals surface area contributed by atoms with E-state index in [-0.39, 0.29) is 17.3 Å². The molecule has 0 radical (unpaired) electrons. The molecule has 2 amide bonds. The Morgan fingerprint density at radius 2 is 1.72 bits per heavy atom. The molecule has 1 aromatic heterocycles. The number of anilines is 1. The summed E-state index contributed by atoms with van der Waals surface area (Å²) in [4.78, 5) is 36.1. The van der Waals surface area contributed by atoms with Gasteiger partial charge < -0.3 is 10.6 Å². The lowest BCUT2D eigenvalue weighted by molar-refractivity contribution is -0.384. The number of non-ortho nitro benzene ring substituents is 1. The molecule has 32 heavy (non-hydrogen) atoms. The van der Waals surface area contributed by atoms with Gasteiger partial charge in [-0.3, -0.25) is 24.8 Å². The molecular formula is C23H19N5O4. The summed E-state index contributed by atoms with van der Waals surface area (Å²) < 4.78 is 0. The Hall–Kier alpha value is -4.53. The van der Waals surface area contributed by atoms with E-state index in [0.717, 1.165) is 5.56 Å². The van der Waals surface area contributed by atoms with Crippen molar-refractivity contribution in [1.82, 2.24) is 15.5 Å². The van der Waals surface area contributed by atoms with Gasteiger partial charge in [-0.05, 0) is 30.2 Å². The second-order valence-corrected chi connectivity index (χ2v) is 7.05. The summed E-state index contributed by atoms with van der Waals surface area (Å²) in [6, 6.07) is 20.5. The number of aromatic nitrogens is 2. The third kappa shape index (κ3) is 4.46. The van der Waals surface area contributed by atoms with Crippen molar-refractivity contribution in [2.75, 3.05) is 11.9 Å². The number of carbonyl (C=O) groups is 2. The maximum atomic E-state index is 12.8. The average Bonchev–Trinajstić information content (AvgIpc) is 3.23. The molecule has 0 bridgehead atoms. The highest BCUT2D eigenvalue weighted by Crippen LogP contribution is 2.23. The van der Waals surface area contributed by atoms with E-state index >= 15 is 0 Å². The summed E-state index contributed by atoms with van der Waals surface area (Å²) in [5.74, 6) is -0.902. The number of H-pyrrole nitrogens is 1. The standard InChI is InChI=1S/C23H19N5O4/c29-22(24-13-12-15-6-2-1-3-7-15)17-8-4-5-9-19(17)25-23(30)21-18-14-16(28(31)32)10-11-20(18)26-27-21/h1-11,14H,12-13H2,(H,24,29)(H,25,30)(H,26,27). The van der Waals surface area contributed by atoms with Gasteiger partial charge in [0, 0.05) is 24.1 Å². The van der Waals surface area contributed by atoms with Gasteiger partial charge >= 0.3 is 0 Å². The maximum Gasteiger partial charge on any atom is 0.276 e. The molecule has 3 aromatic carbocycles. The number of amides is 2. The normalized spacial score (nSPS) is 10.6. The molecule has 0 aliphatic carbocycles. The van der Waals surface area contributed by atoms with E-state index in [2.05, 4.69) is 20.8 Å². The molecule has 9 heteroatoms. The number of nitrogens with zero attached hydrogens (tertiary/aromatic N) is 2. The minimum atomic E-state index is -0.582. The van der Waals surface area contributed by atoms with Crippen molar-refractivity contribution >= 4 is 34.1 Å². The summed E-state index contributed by atoms with van der Waals surface area (Å²) in [5.41, 5.74) is 2.08. The van der Waals surface area contributed by atoms with Gasteiger partial charge in [-0.15, -0.1) is 0 Å². The van der Waals surface area contributed by atoms with Gasteiger partial charge in [-0.2, -0.15) is 5.10 Å². The number of carbonyl (C=O) groups excluding carboxylic acids is 2. The van der Waals surface area contributed by atoms with Crippen LogP contribution in [0.4, 0.5) is 11.4 Å². The van der Waals surface area contributed by atoms with Crippen LogP contribution in [0, 0.1) is 10.1 Å². The van der Waals surface area contributed by atoms with E-state index in [1.54, 1.807) is 24.3 Å². The number of nitro benzene ring substituents is 1. The number of fused-ring (bicyclic) bond motifs is 1. The number of nitrogens with one attached hydrogen (secondary N) is 3. The minimum absolute atomic E-state index is 0.00277. The van der Waals surface area contributed by atoms with E-state index in [1.165, 1.54) is 18.2 Å². The van der Waals surface area contributed by atoms with Crippen LogP contribution in [0.5, 0.6) is 0 Å². The number of benzene rings is 3. The Kier molecular flexibility index (Phi) is 5.89. The monoisotopic (exact) mass is 429 g/mol. The van der Waals surface area contributed by atoms with Gasteiger partial charge in [-0.25, -0.2) is 0 Å². The largest absolute Gasteiger partial charge is 0.352 e. The molecule has 1 heterocycles. The number of hydrogen-bond acceptors (Lipinski definition) is 5. The van der Waals surface area contributed by atoms with Gasteiger partial charge in [0.2, 0.25) is 0 Å². The van der Waals surface area contributed by atoms with E-state index < -0.39 is 10.8 Å². The molecular weight excluding hydrogens is 410 g/mol. The fraction of sp³-hybridized carbons (Fsp3) is 0.0870. The fourth-order valence-electron chi connectivity index (χ4n) is 3.32. The van der Waals surface area contributed by atoms with Crippen LogP contribution in [0.25, 0.3) is 10.9 Å². The van der Waals surface area contributed by atoms with Gasteiger partial charge in [0.15, 0.2) is 5.69 Å². The zero-order valence-electron chi connectivity index (χ0n) is 16.9. The van der Waals surface area contributed by atoms with Crippen LogP contribution in [0.1, 0.15) is 26.4 Å². The van der Waals surface area contributed by atoms with Crippen molar-refractivity contribution in [3.8, 4) is 0 Å². The van der Waals surface area contributed by atoms with Crippen molar-refractivity contribution in [3.05, 3.63) is 99.7 Å². The van der Waals surface area contributed by atoms with Crippen LogP contribution in [0.2, 0.25) is 0 Å². The van der Waals surface area contributed by atoms with Crippen molar-refractivity contribution in [3.63, 3.8) is 0 Å². The molecule has 0 unspecified atom stereocenters. The number of hydrogen-bond donors (Lipinski definition) is 3. The van der Waals surface area contributed by atoms with Crippen molar-refractivity contribution in [2.24, 2.45) is 0 Å². The minimum Gasteiger partial charge on any atom is -0.352 e. The Bertz CT molecular complexity index is 1300. The molecule has 0 spiro atoms. The number of nitro groups is 1. The Balaban J connectivity index is 1.50. The van der Waals surface area contributed by atoms with E-state index in [1.807, 2.05) is 30.3 Å². The molecule has 0 aliphatic heterocycles. The molecule has 0 aliphatic rings. The summed E-state index contributed by atoms with van der Waals surface area (Å²) in [6.45, 7) is 0.443. The van der Waals surface area contributed by atoms with Crippen molar-refractivity contribution < 1.29 is 14.5 Å². The molecule has 0 fully saturated rings. The fourth-order valence-corrected chi connectivity index (χ4v) is 3.32. The van der Waals surface area contributed by atoms with Crippen LogP contribution < -0.4 is 10.6 Å². The molecule has 3 N–H and O–H groups in total. The van der Waals surface area contributed by atoms with Crippen molar-refractivity contribution in [2.45, 2.75) is 6.42 Å². The zero-order chi connectivity index (χ0) is 22.5. The quantitative estimate of drug-likeness (QED) is 0.305. The van der Waals surface area contributed by atoms with E-state index in [0.29, 0.717) is 35.1 Å². The third-order valence-electron chi connectivity index (χ3n) is 4.93. The molecule has 0 atom stereocenters. The van der Waals surface area contributed by atoms with Gasteiger partial charge in [0.05, 0.1) is 21.7 Å². The summed E-state index contributed by atoms with van der Waals surface area (Å²) in [5, 5.41) is 23.6. The third-order valence-corrected chi connectivity index (χ3v) is 4.93. The molecule has 0 saturated heterocycles. The topological polar surface area (TPSA) is 130 Å². The second kappa shape index (κ2) is 9.09. The summed E-state index contributed by atoms with van der Waals surface area (Å²) >= 11 is 0. The number of rotatable bonds is 7. The predicted octanol–water partition coefficient (Wildman–Crippen LogP) is 3.70. The molecule has 9 nitrogen and oxygen atoms in total. The lowest BCUT2D eigenvalue weighted by Crippen LogP contribution is -2.27. The van der Waals surface area contributed by atoms with Gasteiger partial charge in [0.1, 0.15) is 0 Å². The lowest BCUT2D eigenvalue weighted by Gasteiger charge is -2.11. The first-order chi connectivity index (χ1) is 15.5. The molecule has 4 aromatic rings. The Morgan fingerprint density at radius 3 is 2.50 bits per heavy atom. The van der Waals surface area contributed by atoms with Crippen LogP contribution in [0.3, 0.4) is 0 Å². The highest BCUT2D eigenvalue weighted by atomic mass is 16.6. The Labute approximate surface area is 182 Å². The zero-order valence-corrected chi connectivity index (χ0v) is 16.9. The first kappa shape index (κ1) is 20.7. The van der Waals surface area contributed by atoms with Crippen molar-refractivity contribution in [1.29, 1.82) is 0 Å². The Morgan fingerprint density at radius 1 is 0.969 bits per heavy atom. The molecule has 0 saturated carbocycles. The number of aromatic amines is 1. The number of para-hydroxylation sites is 1. The highest BCUT2D eigenvalue weighted by Gasteiger charge is 2.19. The SMILES string of the molecule is O=C(NCCc1ccccc1)c1ccccc1NC(=O)c1n[nH]c2ccc([N+](=O)[O-])cc12. The van der Waals surface area contributed by atoms with Gasteiger partial charge in [-0.1, -0.05) is 42.5 Å². The predicted molar refractivity (Wildman–Crippen MR) is 120 cm³/mol. The summed E-state index contributed by atoms with van der Waals surface area (Å²) in [7, 11) is 0.